The number of H-pyrrole nitrogens is 1. The number of aryl methyl sites for hydroxylation is 1. The molecule has 2 N–H and O–H groups in total. The van der Waals surface area contributed by atoms with Crippen LogP contribution >= 0.6 is 0 Å². The fourth-order valence-corrected chi connectivity index (χ4v) is 4.16. The van der Waals surface area contributed by atoms with Gasteiger partial charge < -0.3 is 10.3 Å². The summed E-state index contributed by atoms with van der Waals surface area (Å²) in [5, 5.41) is 2.95. The number of para-hydroxylation sites is 3. The third-order valence-electron chi connectivity index (χ3n) is 4.76. The molecule has 0 aliphatic rings. The summed E-state index contributed by atoms with van der Waals surface area (Å²) >= 11 is 0. The van der Waals surface area contributed by atoms with Gasteiger partial charge in [0, 0.05) is 0 Å². The van der Waals surface area contributed by atoms with Crippen LogP contribution in [0.2, 0.25) is 0 Å². The highest BCUT2D eigenvalue weighted by Crippen LogP contribution is 2.24. The molecule has 8 heteroatoms. The molecule has 154 valence electrons. The highest BCUT2D eigenvalue weighted by atomic mass is 32.2. The number of nitrogens with zero attached hydrogens (tertiary/aromatic N) is 2. The maximum absolute atomic E-state index is 12.8. The van der Waals surface area contributed by atoms with Crippen LogP contribution in [0.3, 0.4) is 0 Å². The van der Waals surface area contributed by atoms with Crippen LogP contribution in [-0.2, 0) is 14.8 Å². The molecule has 0 saturated heterocycles. The van der Waals surface area contributed by atoms with Crippen LogP contribution in [0.4, 0.5) is 5.69 Å². The number of hydrogen-bond acceptors (Lipinski definition) is 4. The number of amides is 1. The van der Waals surface area contributed by atoms with Gasteiger partial charge in [0.2, 0.25) is 15.9 Å². The fourth-order valence-electron chi connectivity index (χ4n) is 3.24. The number of nitrogens with one attached hydrogen (secondary N) is 2. The Morgan fingerprint density at radius 2 is 1.79 bits per heavy atom. The van der Waals surface area contributed by atoms with Crippen LogP contribution in [0.1, 0.15) is 31.3 Å². The molecule has 0 spiro atoms. The van der Waals surface area contributed by atoms with Gasteiger partial charge in [-0.25, -0.2) is 13.4 Å². The number of aromatic nitrogens is 2. The first-order chi connectivity index (χ1) is 13.7. The fraction of sp³-hybridized carbons (Fsp3) is 0.333. The minimum atomic E-state index is -3.63. The second-order valence-corrected chi connectivity index (χ2v) is 9.39. The Balaban J connectivity index is 1.84. The van der Waals surface area contributed by atoms with E-state index >= 15 is 0 Å². The summed E-state index contributed by atoms with van der Waals surface area (Å²) < 4.78 is 25.8. The Hall–Kier alpha value is -2.87. The molecule has 1 amide bonds. The van der Waals surface area contributed by atoms with Crippen LogP contribution in [-0.4, -0.2) is 37.1 Å². The van der Waals surface area contributed by atoms with Crippen LogP contribution in [0.15, 0.2) is 48.5 Å². The predicted octanol–water partition coefficient (Wildman–Crippen LogP) is 3.15. The first kappa shape index (κ1) is 20.9. The molecule has 0 aliphatic carbocycles. The largest absolute Gasteiger partial charge is 0.344 e. The van der Waals surface area contributed by atoms with E-state index in [4.69, 9.17) is 0 Å². The van der Waals surface area contributed by atoms with Crippen LogP contribution in [0.5, 0.6) is 0 Å². The lowest BCUT2D eigenvalue weighted by molar-refractivity contribution is -0.120. The van der Waals surface area contributed by atoms with Gasteiger partial charge in [-0.05, 0) is 36.6 Å². The average molecular weight is 415 g/mol. The topological polar surface area (TPSA) is 95.2 Å². The second-order valence-electron chi connectivity index (χ2n) is 7.48. The van der Waals surface area contributed by atoms with Gasteiger partial charge in [0.15, 0.2) is 0 Å². The molecular formula is C21H26N4O3S. The van der Waals surface area contributed by atoms with Gasteiger partial charge in [-0.1, -0.05) is 44.2 Å². The summed E-state index contributed by atoms with van der Waals surface area (Å²) in [6.07, 6.45) is 1.10. The van der Waals surface area contributed by atoms with E-state index in [0.29, 0.717) is 11.5 Å². The SMILES string of the molecule is Cc1ccccc1N(CC(=O)N[C@@H](c1nc2ccccc2[nH]1)C(C)C)S(C)(=O)=O. The Bertz CT molecular complexity index is 1090. The molecule has 3 rings (SSSR count). The monoisotopic (exact) mass is 414 g/mol. The molecule has 2 aromatic carbocycles. The summed E-state index contributed by atoms with van der Waals surface area (Å²) in [6, 6.07) is 14.4. The van der Waals surface area contributed by atoms with Crippen molar-refractivity contribution in [1.82, 2.24) is 15.3 Å². The van der Waals surface area contributed by atoms with E-state index in [1.165, 1.54) is 0 Å². The number of rotatable bonds is 7. The third-order valence-corrected chi connectivity index (χ3v) is 5.88. The minimum absolute atomic E-state index is 0.0599. The normalized spacial score (nSPS) is 12.9. The maximum atomic E-state index is 12.8. The predicted molar refractivity (Wildman–Crippen MR) is 115 cm³/mol. The van der Waals surface area contributed by atoms with Crippen molar-refractivity contribution in [3.05, 3.63) is 59.9 Å². The molecule has 29 heavy (non-hydrogen) atoms. The zero-order valence-corrected chi connectivity index (χ0v) is 17.8. The molecule has 7 nitrogen and oxygen atoms in total. The highest BCUT2D eigenvalue weighted by molar-refractivity contribution is 7.92. The van der Waals surface area contributed by atoms with Gasteiger partial charge in [-0.3, -0.25) is 9.10 Å². The van der Waals surface area contributed by atoms with Crippen LogP contribution in [0.25, 0.3) is 11.0 Å². The van der Waals surface area contributed by atoms with E-state index in [0.717, 1.165) is 27.2 Å². The summed E-state index contributed by atoms with van der Waals surface area (Å²) in [5.41, 5.74) is 2.98. The summed E-state index contributed by atoms with van der Waals surface area (Å²) in [5.74, 6) is 0.318. The van der Waals surface area contributed by atoms with E-state index in [9.17, 15) is 13.2 Å². The van der Waals surface area contributed by atoms with Crippen molar-refractivity contribution in [2.45, 2.75) is 26.8 Å². The number of hydrogen-bond donors (Lipinski definition) is 2. The van der Waals surface area contributed by atoms with Crippen molar-refractivity contribution in [2.24, 2.45) is 5.92 Å². The van der Waals surface area contributed by atoms with Gasteiger partial charge in [-0.2, -0.15) is 0 Å². The molecule has 0 fully saturated rings. The van der Waals surface area contributed by atoms with Crippen molar-refractivity contribution in [3.8, 4) is 0 Å². The number of aromatic amines is 1. The molecule has 0 saturated carbocycles. The Morgan fingerprint density at radius 1 is 1.14 bits per heavy atom. The zero-order valence-electron chi connectivity index (χ0n) is 17.0. The van der Waals surface area contributed by atoms with Crippen molar-refractivity contribution < 1.29 is 13.2 Å². The summed E-state index contributed by atoms with van der Waals surface area (Å²) in [4.78, 5) is 20.7. The van der Waals surface area contributed by atoms with Crippen molar-refractivity contribution >= 4 is 32.7 Å². The van der Waals surface area contributed by atoms with E-state index < -0.39 is 15.9 Å². The Labute approximate surface area is 171 Å². The summed E-state index contributed by atoms with van der Waals surface area (Å²) in [7, 11) is -3.63. The first-order valence-corrected chi connectivity index (χ1v) is 11.3. The molecule has 1 atom stereocenters. The number of benzene rings is 2. The standard InChI is InChI=1S/C21H26N4O3S/c1-14(2)20(21-22-16-10-6-7-11-17(16)23-21)24-19(26)13-25(29(4,27)28)18-12-8-5-9-15(18)3/h5-12,14,20H,13H2,1-4H3,(H,22,23)(H,24,26)/t20-/m1/s1. The van der Waals surface area contributed by atoms with Crippen molar-refractivity contribution in [1.29, 1.82) is 0 Å². The van der Waals surface area contributed by atoms with E-state index in [-0.39, 0.29) is 18.5 Å². The van der Waals surface area contributed by atoms with E-state index in [1.807, 2.05) is 57.2 Å². The lowest BCUT2D eigenvalue weighted by Crippen LogP contribution is -2.43. The molecular weight excluding hydrogens is 388 g/mol. The number of fused-ring (bicyclic) bond motifs is 1. The van der Waals surface area contributed by atoms with Crippen LogP contribution in [0, 0.1) is 12.8 Å². The molecule has 0 unspecified atom stereocenters. The van der Waals surface area contributed by atoms with Crippen LogP contribution < -0.4 is 9.62 Å². The first-order valence-electron chi connectivity index (χ1n) is 9.44. The maximum Gasteiger partial charge on any atom is 0.241 e. The molecule has 0 radical (unpaired) electrons. The number of sulfonamides is 1. The number of carbonyl (C=O) groups excluding carboxylic acids is 1. The number of anilines is 1. The molecule has 0 bridgehead atoms. The van der Waals surface area contributed by atoms with Gasteiger partial charge >= 0.3 is 0 Å². The lowest BCUT2D eigenvalue weighted by atomic mass is 10.0. The molecule has 0 aliphatic heterocycles. The molecule has 3 aromatic rings. The van der Waals surface area contributed by atoms with E-state index in [1.54, 1.807) is 12.1 Å². The molecule has 1 aromatic heterocycles. The number of carbonyl (C=O) groups is 1. The smallest absolute Gasteiger partial charge is 0.241 e. The minimum Gasteiger partial charge on any atom is -0.344 e. The number of imidazole rings is 1. The quantitative estimate of drug-likeness (QED) is 0.621. The van der Waals surface area contributed by atoms with Gasteiger partial charge in [0.05, 0.1) is 29.0 Å². The average Bonchev–Trinajstić information content (AvgIpc) is 3.07. The van der Waals surface area contributed by atoms with Crippen molar-refractivity contribution in [2.75, 3.05) is 17.1 Å². The second kappa shape index (κ2) is 8.24. The highest BCUT2D eigenvalue weighted by Gasteiger charge is 2.26. The van der Waals surface area contributed by atoms with E-state index in [2.05, 4.69) is 15.3 Å². The lowest BCUT2D eigenvalue weighted by Gasteiger charge is -2.26. The summed E-state index contributed by atoms with van der Waals surface area (Å²) in [6.45, 7) is 5.48. The zero-order chi connectivity index (χ0) is 21.2. The Morgan fingerprint density at radius 3 is 2.41 bits per heavy atom. The van der Waals surface area contributed by atoms with Gasteiger partial charge in [0.1, 0.15) is 12.4 Å². The van der Waals surface area contributed by atoms with Gasteiger partial charge in [-0.15, -0.1) is 0 Å². The van der Waals surface area contributed by atoms with Gasteiger partial charge in [0.25, 0.3) is 0 Å². The molecule has 1 heterocycles. The Kier molecular flexibility index (Phi) is 5.93. The third kappa shape index (κ3) is 4.76. The van der Waals surface area contributed by atoms with Crippen molar-refractivity contribution in [3.63, 3.8) is 0 Å².